The fourth-order valence-corrected chi connectivity index (χ4v) is 4.53. The molecule has 1 aromatic heterocycles. The van der Waals surface area contributed by atoms with Crippen LogP contribution in [0.1, 0.15) is 74.4 Å². The molecule has 2 unspecified atom stereocenters. The average Bonchev–Trinajstić information content (AvgIpc) is 3.38. The Morgan fingerprint density at radius 2 is 1.80 bits per heavy atom. The summed E-state index contributed by atoms with van der Waals surface area (Å²) in [5.74, 6) is -2.07. The standard InChI is InChI=1S/C31H40FN5O8/c1-9-37(30(42)44-19(5)43-28(40)18(4)35-29(41)45-31(6,7)8)13-12-33-27(39)25-16(2)24(34-17(25)3)15-22-21-14-20(32)10-11-23(21)36-26(22)38/h10-11,14-15,18-19,34H,9,12-13H2,1-8H3,(H,33,39)(H,35,41)(H,36,38). The molecule has 1 aromatic carbocycles. The van der Waals surface area contributed by atoms with Gasteiger partial charge in [0.2, 0.25) is 6.29 Å². The molecule has 2 atom stereocenters. The van der Waals surface area contributed by atoms with Crippen LogP contribution in [0.4, 0.5) is 19.7 Å². The van der Waals surface area contributed by atoms with Gasteiger partial charge in [-0.05, 0) is 78.3 Å². The number of alkyl carbamates (subject to hydrolysis) is 1. The fraction of sp³-hybridized carbons (Fsp3) is 0.452. The van der Waals surface area contributed by atoms with Gasteiger partial charge in [-0.1, -0.05) is 0 Å². The molecule has 2 aromatic rings. The number of halogens is 1. The van der Waals surface area contributed by atoms with E-state index >= 15 is 0 Å². The highest BCUT2D eigenvalue weighted by Crippen LogP contribution is 2.34. The number of aromatic nitrogens is 1. The van der Waals surface area contributed by atoms with Crippen molar-refractivity contribution in [2.75, 3.05) is 25.0 Å². The van der Waals surface area contributed by atoms with Gasteiger partial charge in [-0.3, -0.25) is 9.59 Å². The van der Waals surface area contributed by atoms with Crippen LogP contribution in [0.5, 0.6) is 0 Å². The second-order valence-electron chi connectivity index (χ2n) is 11.5. The monoisotopic (exact) mass is 629 g/mol. The van der Waals surface area contributed by atoms with Crippen LogP contribution in [0.25, 0.3) is 11.6 Å². The van der Waals surface area contributed by atoms with Crippen LogP contribution in [0.3, 0.4) is 0 Å². The number of nitrogens with one attached hydrogen (secondary N) is 4. The van der Waals surface area contributed by atoms with Crippen molar-refractivity contribution in [1.82, 2.24) is 20.5 Å². The lowest BCUT2D eigenvalue weighted by Gasteiger charge is -2.24. The third-order valence-electron chi connectivity index (χ3n) is 6.70. The number of fused-ring (bicyclic) bond motifs is 1. The summed E-state index contributed by atoms with van der Waals surface area (Å²) < 4.78 is 29.3. The second kappa shape index (κ2) is 14.3. The van der Waals surface area contributed by atoms with Crippen molar-refractivity contribution < 1.29 is 42.6 Å². The van der Waals surface area contributed by atoms with Crippen molar-refractivity contribution in [1.29, 1.82) is 0 Å². The van der Waals surface area contributed by atoms with E-state index in [2.05, 4.69) is 20.9 Å². The van der Waals surface area contributed by atoms with Gasteiger partial charge in [-0.25, -0.2) is 18.8 Å². The van der Waals surface area contributed by atoms with E-state index in [0.717, 1.165) is 0 Å². The van der Waals surface area contributed by atoms with Crippen LogP contribution in [0, 0.1) is 19.7 Å². The van der Waals surface area contributed by atoms with Crippen molar-refractivity contribution >= 4 is 47.3 Å². The van der Waals surface area contributed by atoms with E-state index in [4.69, 9.17) is 14.2 Å². The molecule has 0 saturated heterocycles. The van der Waals surface area contributed by atoms with Crippen molar-refractivity contribution in [3.05, 3.63) is 52.1 Å². The first-order valence-electron chi connectivity index (χ1n) is 14.5. The number of ether oxygens (including phenoxy) is 3. The predicted molar refractivity (Wildman–Crippen MR) is 164 cm³/mol. The zero-order chi connectivity index (χ0) is 33.6. The molecule has 1 aliphatic rings. The summed E-state index contributed by atoms with van der Waals surface area (Å²) in [6.45, 7) is 13.4. The second-order valence-corrected chi connectivity index (χ2v) is 11.5. The van der Waals surface area contributed by atoms with E-state index in [-0.39, 0.29) is 31.1 Å². The number of rotatable bonds is 10. The summed E-state index contributed by atoms with van der Waals surface area (Å²) in [7, 11) is 0. The van der Waals surface area contributed by atoms with E-state index in [1.54, 1.807) is 47.6 Å². The highest BCUT2D eigenvalue weighted by atomic mass is 19.1. The molecular weight excluding hydrogens is 589 g/mol. The number of aryl methyl sites for hydroxylation is 1. The first-order valence-corrected chi connectivity index (χ1v) is 14.5. The van der Waals surface area contributed by atoms with Crippen molar-refractivity contribution in [2.45, 2.75) is 73.3 Å². The third kappa shape index (κ3) is 9.06. The molecule has 0 aliphatic carbocycles. The molecule has 1 aliphatic heterocycles. The molecule has 4 amide bonds. The minimum atomic E-state index is -1.25. The Labute approximate surface area is 260 Å². The minimum Gasteiger partial charge on any atom is -0.444 e. The fourth-order valence-electron chi connectivity index (χ4n) is 4.53. The Morgan fingerprint density at radius 3 is 2.44 bits per heavy atom. The summed E-state index contributed by atoms with van der Waals surface area (Å²) in [5.41, 5.74) is 2.51. The first kappa shape index (κ1) is 34.6. The van der Waals surface area contributed by atoms with Crippen LogP contribution in [-0.4, -0.2) is 77.4 Å². The molecule has 4 N–H and O–H groups in total. The summed E-state index contributed by atoms with van der Waals surface area (Å²) in [5, 5.41) is 7.83. The van der Waals surface area contributed by atoms with Gasteiger partial charge in [0, 0.05) is 49.2 Å². The van der Waals surface area contributed by atoms with Crippen molar-refractivity contribution in [3.8, 4) is 0 Å². The number of nitrogens with zero attached hydrogens (tertiary/aromatic N) is 1. The molecule has 45 heavy (non-hydrogen) atoms. The Balaban J connectivity index is 1.54. The van der Waals surface area contributed by atoms with Crippen LogP contribution in [0.15, 0.2) is 18.2 Å². The lowest BCUT2D eigenvalue weighted by Crippen LogP contribution is -2.44. The number of benzene rings is 1. The summed E-state index contributed by atoms with van der Waals surface area (Å²) in [4.78, 5) is 66.9. The van der Waals surface area contributed by atoms with Gasteiger partial charge in [0.05, 0.1) is 11.1 Å². The number of H-pyrrole nitrogens is 1. The topological polar surface area (TPSA) is 168 Å². The van der Waals surface area contributed by atoms with E-state index in [9.17, 15) is 28.4 Å². The van der Waals surface area contributed by atoms with Gasteiger partial charge < -0.3 is 40.0 Å². The lowest BCUT2D eigenvalue weighted by atomic mass is 10.0. The number of carbonyl (C=O) groups is 5. The van der Waals surface area contributed by atoms with Gasteiger partial charge in [0.25, 0.3) is 11.8 Å². The lowest BCUT2D eigenvalue weighted by molar-refractivity contribution is -0.168. The average molecular weight is 630 g/mol. The SMILES string of the molecule is CCN(CCNC(=O)c1c(C)[nH]c(C=C2C(=O)Nc3ccc(F)cc32)c1C)C(=O)OC(C)OC(=O)C(C)NC(=O)OC(C)(C)C. The number of esters is 1. The molecule has 244 valence electrons. The number of hydrogen-bond acceptors (Lipinski definition) is 8. The normalized spacial score (nSPS) is 14.6. The highest BCUT2D eigenvalue weighted by Gasteiger charge is 2.27. The van der Waals surface area contributed by atoms with Crippen LogP contribution < -0.4 is 16.0 Å². The highest BCUT2D eigenvalue weighted by molar-refractivity contribution is 6.34. The van der Waals surface area contributed by atoms with Gasteiger partial charge >= 0.3 is 18.2 Å². The Morgan fingerprint density at radius 1 is 1.11 bits per heavy atom. The van der Waals surface area contributed by atoms with Crippen LogP contribution in [-0.2, 0) is 23.8 Å². The van der Waals surface area contributed by atoms with Gasteiger partial charge in [-0.15, -0.1) is 0 Å². The van der Waals surface area contributed by atoms with Gasteiger partial charge in [-0.2, -0.15) is 0 Å². The molecule has 0 saturated carbocycles. The summed E-state index contributed by atoms with van der Waals surface area (Å²) in [6.07, 6.45) is -1.23. The molecule has 0 spiro atoms. The number of aromatic amines is 1. The molecule has 13 nitrogen and oxygen atoms in total. The van der Waals surface area contributed by atoms with Gasteiger partial charge in [0.1, 0.15) is 17.5 Å². The number of carbonyl (C=O) groups excluding carboxylic acids is 5. The molecule has 0 fully saturated rings. The zero-order valence-corrected chi connectivity index (χ0v) is 26.7. The maximum atomic E-state index is 13.8. The number of amides is 4. The van der Waals surface area contributed by atoms with Crippen molar-refractivity contribution in [2.24, 2.45) is 0 Å². The minimum absolute atomic E-state index is 0.0856. The summed E-state index contributed by atoms with van der Waals surface area (Å²) >= 11 is 0. The molecule has 3 rings (SSSR count). The Hall–Kier alpha value is -4.88. The molecule has 0 radical (unpaired) electrons. The maximum absolute atomic E-state index is 13.8. The van der Waals surface area contributed by atoms with Crippen LogP contribution in [0.2, 0.25) is 0 Å². The predicted octanol–water partition coefficient (Wildman–Crippen LogP) is 4.25. The zero-order valence-electron chi connectivity index (χ0n) is 26.7. The third-order valence-corrected chi connectivity index (χ3v) is 6.70. The molecule has 14 heteroatoms. The molecular formula is C31H40FN5O8. The van der Waals surface area contributed by atoms with E-state index in [0.29, 0.717) is 33.8 Å². The quantitative estimate of drug-likeness (QED) is 0.172. The van der Waals surface area contributed by atoms with E-state index < -0.39 is 47.8 Å². The maximum Gasteiger partial charge on any atom is 0.412 e. The first-order chi connectivity index (χ1) is 21.0. The number of likely N-dealkylation sites (N-methyl/N-ethyl adjacent to an activating group) is 1. The van der Waals surface area contributed by atoms with E-state index in [1.807, 2.05) is 0 Å². The molecule has 2 heterocycles. The smallest absolute Gasteiger partial charge is 0.412 e. The number of anilines is 1. The molecule has 0 bridgehead atoms. The summed E-state index contributed by atoms with van der Waals surface area (Å²) in [6, 6.07) is 2.98. The Bertz CT molecular complexity index is 1510. The van der Waals surface area contributed by atoms with Crippen LogP contribution >= 0.6 is 0 Å². The number of hydrogen-bond donors (Lipinski definition) is 4. The van der Waals surface area contributed by atoms with Crippen molar-refractivity contribution in [3.63, 3.8) is 0 Å². The largest absolute Gasteiger partial charge is 0.444 e. The Kier molecular flexibility index (Phi) is 11.0. The van der Waals surface area contributed by atoms with Gasteiger partial charge in [0.15, 0.2) is 0 Å². The van der Waals surface area contributed by atoms with E-state index in [1.165, 1.54) is 36.9 Å².